The predicted molar refractivity (Wildman–Crippen MR) is 172 cm³/mol. The van der Waals surface area contributed by atoms with Crippen molar-refractivity contribution in [3.63, 3.8) is 0 Å². The molecule has 3 heterocycles. The molecule has 43 heavy (non-hydrogen) atoms. The number of aromatic nitrogens is 3. The molecule has 3 atom stereocenters. The number of rotatable bonds is 4. The van der Waals surface area contributed by atoms with Gasteiger partial charge in [0.1, 0.15) is 11.6 Å². The van der Waals surface area contributed by atoms with E-state index in [2.05, 4.69) is 130 Å². The second-order valence-corrected chi connectivity index (χ2v) is 12.0. The third-order valence-electron chi connectivity index (χ3n) is 9.87. The summed E-state index contributed by atoms with van der Waals surface area (Å²) in [5, 5.41) is 4.70. The van der Waals surface area contributed by atoms with Crippen LogP contribution >= 0.6 is 0 Å². The summed E-state index contributed by atoms with van der Waals surface area (Å²) in [6, 6.07) is 38.2. The molecule has 1 saturated carbocycles. The summed E-state index contributed by atoms with van der Waals surface area (Å²) in [5.41, 5.74) is 4.53. The number of para-hydroxylation sites is 4. The molecular weight excluding hydrogens is 530 g/mol. The Bertz CT molecular complexity index is 2050. The molecule has 1 unspecified atom stereocenters. The molecule has 2 aliphatic rings. The molecule has 4 aromatic carbocycles. The van der Waals surface area contributed by atoms with Gasteiger partial charge in [0.2, 0.25) is 0 Å². The number of esters is 1. The molecule has 0 aliphatic heterocycles. The highest BCUT2D eigenvalue weighted by molar-refractivity contribution is 6.10. The highest BCUT2D eigenvalue weighted by Crippen LogP contribution is 2.54. The van der Waals surface area contributed by atoms with Gasteiger partial charge >= 0.3 is 5.97 Å². The molecule has 0 N–H and O–H groups in total. The third-order valence-corrected chi connectivity index (χ3v) is 9.87. The number of hydrogen-bond acceptors (Lipinski definition) is 3. The highest BCUT2D eigenvalue weighted by Gasteiger charge is 2.55. The number of pyridine rings is 1. The topological polar surface area (TPSA) is 49.1 Å². The fraction of sp³-hybridized carbons (Fsp3) is 0.158. The zero-order chi connectivity index (χ0) is 28.7. The van der Waals surface area contributed by atoms with Crippen LogP contribution in [0.1, 0.15) is 18.4 Å². The monoisotopic (exact) mass is 559 g/mol. The van der Waals surface area contributed by atoms with Crippen LogP contribution < -0.4 is 0 Å². The fourth-order valence-corrected chi connectivity index (χ4v) is 8.05. The van der Waals surface area contributed by atoms with Crippen LogP contribution in [0.2, 0.25) is 0 Å². The molecule has 5 nitrogen and oxygen atoms in total. The summed E-state index contributed by atoms with van der Waals surface area (Å²) >= 11 is 0. The summed E-state index contributed by atoms with van der Waals surface area (Å²) in [6.07, 6.45) is 6.21. The number of carbonyl (C=O) groups is 1. The number of benzene rings is 4. The first-order valence-electron chi connectivity index (χ1n) is 14.9. The number of ether oxygens (including phenoxy) is 1. The molecule has 2 aliphatic carbocycles. The van der Waals surface area contributed by atoms with E-state index in [9.17, 15) is 4.79 Å². The third kappa shape index (κ3) is 3.28. The van der Waals surface area contributed by atoms with Crippen molar-refractivity contribution in [3.05, 3.63) is 127 Å². The Morgan fingerprint density at radius 2 is 1.14 bits per heavy atom. The van der Waals surface area contributed by atoms with Crippen LogP contribution in [0.4, 0.5) is 0 Å². The van der Waals surface area contributed by atoms with Gasteiger partial charge in [-0.1, -0.05) is 84.9 Å². The molecular formula is C38H29N3O2. The van der Waals surface area contributed by atoms with Crippen LogP contribution in [0.3, 0.4) is 0 Å². The molecule has 208 valence electrons. The lowest BCUT2D eigenvalue weighted by Gasteiger charge is -2.34. The Morgan fingerprint density at radius 3 is 1.51 bits per heavy atom. The molecule has 2 bridgehead atoms. The van der Waals surface area contributed by atoms with Gasteiger partial charge in [-0.2, -0.15) is 0 Å². The number of nitrogens with zero attached hydrogens (tertiary/aromatic N) is 3. The number of methoxy groups -OCH3 is 1. The van der Waals surface area contributed by atoms with E-state index in [1.165, 1.54) is 28.7 Å². The van der Waals surface area contributed by atoms with E-state index in [0.717, 1.165) is 52.1 Å². The van der Waals surface area contributed by atoms with Crippen LogP contribution in [0.25, 0.3) is 55.2 Å². The first kappa shape index (κ1) is 24.4. The van der Waals surface area contributed by atoms with Crippen LogP contribution in [0.15, 0.2) is 121 Å². The minimum absolute atomic E-state index is 0.0874. The van der Waals surface area contributed by atoms with Gasteiger partial charge in [0.15, 0.2) is 0 Å². The van der Waals surface area contributed by atoms with E-state index in [4.69, 9.17) is 9.72 Å². The van der Waals surface area contributed by atoms with Crippen LogP contribution in [-0.4, -0.2) is 27.2 Å². The van der Waals surface area contributed by atoms with Crippen molar-refractivity contribution in [3.8, 4) is 11.6 Å². The van der Waals surface area contributed by atoms with E-state index in [1.54, 1.807) is 0 Å². The maximum atomic E-state index is 13.9. The second kappa shape index (κ2) is 8.92. The molecule has 7 aromatic rings. The van der Waals surface area contributed by atoms with Gasteiger partial charge in [0.05, 0.1) is 34.6 Å². The van der Waals surface area contributed by atoms with Crippen molar-refractivity contribution in [2.45, 2.75) is 18.3 Å². The largest absolute Gasteiger partial charge is 0.468 e. The number of fused-ring (bicyclic) bond motifs is 8. The van der Waals surface area contributed by atoms with Gasteiger partial charge in [-0.25, -0.2) is 4.98 Å². The van der Waals surface area contributed by atoms with Gasteiger partial charge in [-0.3, -0.25) is 13.9 Å². The van der Waals surface area contributed by atoms with Crippen LogP contribution in [0.5, 0.6) is 0 Å². The highest BCUT2D eigenvalue weighted by atomic mass is 16.5. The zero-order valence-corrected chi connectivity index (χ0v) is 23.8. The van der Waals surface area contributed by atoms with Gasteiger partial charge in [-0.05, 0) is 66.6 Å². The normalized spacial score (nSPS) is 21.0. The molecule has 0 radical (unpaired) electrons. The number of hydrogen-bond donors (Lipinski definition) is 0. The van der Waals surface area contributed by atoms with E-state index in [1.807, 2.05) is 0 Å². The standard InChI is InChI=1S/C38H29N3O2/c1-43-37(42)38(23-24-18-19-25(38)20-24)26-21-35(40-31-14-6-2-10-27(31)28-11-3-7-15-32(28)40)39-36(22-26)41-33-16-8-4-12-29(33)30-13-5-9-17-34(30)41/h2-19,21-22,24-25H,20,23H2,1H3/t24-,25+,38?/m0/s1. The lowest BCUT2D eigenvalue weighted by Crippen LogP contribution is -2.41. The first-order chi connectivity index (χ1) is 21.2. The maximum Gasteiger partial charge on any atom is 0.316 e. The Kier molecular flexibility index (Phi) is 5.07. The Balaban J connectivity index is 1.42. The second-order valence-electron chi connectivity index (χ2n) is 12.0. The van der Waals surface area contributed by atoms with Crippen molar-refractivity contribution < 1.29 is 9.53 Å². The van der Waals surface area contributed by atoms with Gasteiger partial charge in [0.25, 0.3) is 0 Å². The minimum Gasteiger partial charge on any atom is -0.468 e. The molecule has 5 heteroatoms. The van der Waals surface area contributed by atoms with E-state index in [0.29, 0.717) is 5.92 Å². The molecule has 9 rings (SSSR count). The minimum atomic E-state index is -0.766. The van der Waals surface area contributed by atoms with E-state index in [-0.39, 0.29) is 11.9 Å². The van der Waals surface area contributed by atoms with Crippen molar-refractivity contribution >= 4 is 49.6 Å². The van der Waals surface area contributed by atoms with Crippen molar-refractivity contribution in [2.75, 3.05) is 7.11 Å². The van der Waals surface area contributed by atoms with Crippen molar-refractivity contribution in [1.82, 2.24) is 14.1 Å². The van der Waals surface area contributed by atoms with E-state index < -0.39 is 5.41 Å². The number of carbonyl (C=O) groups excluding carboxylic acids is 1. The smallest absolute Gasteiger partial charge is 0.316 e. The summed E-state index contributed by atoms with van der Waals surface area (Å²) in [4.78, 5) is 19.3. The van der Waals surface area contributed by atoms with Crippen molar-refractivity contribution in [1.29, 1.82) is 0 Å². The summed E-state index contributed by atoms with van der Waals surface area (Å²) in [7, 11) is 1.52. The lowest BCUT2D eigenvalue weighted by atomic mass is 9.70. The summed E-state index contributed by atoms with van der Waals surface area (Å²) in [6.45, 7) is 0. The van der Waals surface area contributed by atoms with Crippen LogP contribution in [-0.2, 0) is 14.9 Å². The number of allylic oxidation sites excluding steroid dienone is 2. The molecule has 3 aromatic heterocycles. The van der Waals surface area contributed by atoms with E-state index >= 15 is 0 Å². The van der Waals surface area contributed by atoms with Gasteiger partial charge < -0.3 is 4.74 Å². The first-order valence-corrected chi connectivity index (χ1v) is 14.9. The lowest BCUT2D eigenvalue weighted by molar-refractivity contribution is -0.148. The Labute approximate surface area is 248 Å². The van der Waals surface area contributed by atoms with Crippen LogP contribution in [0, 0.1) is 11.8 Å². The molecule has 0 saturated heterocycles. The quantitative estimate of drug-likeness (QED) is 0.161. The SMILES string of the molecule is COC(=O)C1(c2cc(-n3c4ccccc4c4ccccc43)nc(-n3c4ccccc4c4ccccc43)c2)C[C@H]2C=C[C@@H]1C2. The molecule has 0 spiro atoms. The summed E-state index contributed by atoms with van der Waals surface area (Å²) in [5.74, 6) is 1.87. The van der Waals surface area contributed by atoms with Gasteiger partial charge in [0, 0.05) is 21.5 Å². The average Bonchev–Trinajstić information content (AvgIpc) is 3.83. The maximum absolute atomic E-state index is 13.9. The van der Waals surface area contributed by atoms with Crippen molar-refractivity contribution in [2.24, 2.45) is 11.8 Å². The van der Waals surface area contributed by atoms with Gasteiger partial charge in [-0.15, -0.1) is 0 Å². The fourth-order valence-electron chi connectivity index (χ4n) is 8.05. The Hall–Kier alpha value is -5.16. The zero-order valence-electron chi connectivity index (χ0n) is 23.8. The average molecular weight is 560 g/mol. The molecule has 0 amide bonds. The Morgan fingerprint density at radius 1 is 0.698 bits per heavy atom. The molecule has 1 fully saturated rings. The predicted octanol–water partition coefficient (Wildman–Crippen LogP) is 8.28. The summed E-state index contributed by atoms with van der Waals surface area (Å²) < 4.78 is 10.1.